The Bertz CT molecular complexity index is 815. The molecule has 0 spiro atoms. The van der Waals surface area contributed by atoms with Crippen molar-refractivity contribution in [2.75, 3.05) is 7.11 Å². The molecule has 0 atom stereocenters. The van der Waals surface area contributed by atoms with E-state index in [0.717, 1.165) is 22.3 Å². The molecule has 1 N–H and O–H groups in total. The van der Waals surface area contributed by atoms with Gasteiger partial charge in [0.05, 0.1) is 24.7 Å². The summed E-state index contributed by atoms with van der Waals surface area (Å²) in [4.78, 5) is 15.0. The highest BCUT2D eigenvalue weighted by Gasteiger charge is 2.08. The van der Waals surface area contributed by atoms with E-state index in [4.69, 9.17) is 4.74 Å². The Morgan fingerprint density at radius 3 is 2.80 bits per heavy atom. The molecule has 0 unspecified atom stereocenters. The van der Waals surface area contributed by atoms with Crippen molar-refractivity contribution >= 4 is 11.0 Å². The number of rotatable bonds is 3. The first-order chi connectivity index (χ1) is 9.67. The standard InChI is InChI=1S/C16H16N2O2/c1-11-4-3-5-12(8-11)10-18-15-7-6-13(20-2)9-14(15)17-16(18)19/h3-9H,10H2,1-2H3,(H,17,19). The zero-order chi connectivity index (χ0) is 14.1. The van der Waals surface area contributed by atoms with Crippen molar-refractivity contribution in [3.8, 4) is 5.75 Å². The number of hydrogen-bond donors (Lipinski definition) is 1. The van der Waals surface area contributed by atoms with E-state index in [1.165, 1.54) is 5.56 Å². The Hall–Kier alpha value is -2.49. The van der Waals surface area contributed by atoms with Crippen LogP contribution in [-0.2, 0) is 6.54 Å². The molecule has 1 heterocycles. The summed E-state index contributed by atoms with van der Waals surface area (Å²) >= 11 is 0. The summed E-state index contributed by atoms with van der Waals surface area (Å²) in [6.45, 7) is 2.61. The Labute approximate surface area is 116 Å². The van der Waals surface area contributed by atoms with Crippen LogP contribution in [0.3, 0.4) is 0 Å². The van der Waals surface area contributed by atoms with Crippen molar-refractivity contribution in [1.29, 1.82) is 0 Å². The molecule has 0 bridgehead atoms. The van der Waals surface area contributed by atoms with Crippen LogP contribution >= 0.6 is 0 Å². The zero-order valence-corrected chi connectivity index (χ0v) is 11.5. The molecule has 4 heteroatoms. The Kier molecular flexibility index (Phi) is 3.06. The molecule has 2 aromatic carbocycles. The number of aryl methyl sites for hydroxylation is 1. The normalized spacial score (nSPS) is 10.9. The van der Waals surface area contributed by atoms with E-state index in [-0.39, 0.29) is 5.69 Å². The van der Waals surface area contributed by atoms with Crippen molar-refractivity contribution in [3.05, 3.63) is 64.1 Å². The van der Waals surface area contributed by atoms with Crippen LogP contribution in [0, 0.1) is 6.92 Å². The summed E-state index contributed by atoms with van der Waals surface area (Å²) in [7, 11) is 1.61. The Balaban J connectivity index is 2.07. The highest BCUT2D eigenvalue weighted by molar-refractivity contribution is 5.77. The van der Waals surface area contributed by atoms with E-state index in [1.807, 2.05) is 43.3 Å². The fourth-order valence-electron chi connectivity index (χ4n) is 2.42. The third kappa shape index (κ3) is 2.20. The summed E-state index contributed by atoms with van der Waals surface area (Å²) in [5.74, 6) is 0.737. The number of hydrogen-bond acceptors (Lipinski definition) is 2. The van der Waals surface area contributed by atoms with Crippen LogP contribution in [0.1, 0.15) is 11.1 Å². The number of methoxy groups -OCH3 is 1. The smallest absolute Gasteiger partial charge is 0.326 e. The van der Waals surface area contributed by atoms with Gasteiger partial charge in [0.2, 0.25) is 0 Å². The van der Waals surface area contributed by atoms with Crippen molar-refractivity contribution in [1.82, 2.24) is 9.55 Å². The van der Waals surface area contributed by atoms with Crippen molar-refractivity contribution in [2.45, 2.75) is 13.5 Å². The summed E-state index contributed by atoms with van der Waals surface area (Å²) < 4.78 is 6.91. The maximum atomic E-state index is 12.1. The molecule has 4 nitrogen and oxygen atoms in total. The summed E-state index contributed by atoms with van der Waals surface area (Å²) in [5.41, 5.74) is 3.88. The van der Waals surface area contributed by atoms with E-state index < -0.39 is 0 Å². The molecule has 0 aliphatic carbocycles. The molecule has 20 heavy (non-hydrogen) atoms. The molecule has 0 aliphatic rings. The van der Waals surface area contributed by atoms with Crippen molar-refractivity contribution in [3.63, 3.8) is 0 Å². The van der Waals surface area contributed by atoms with E-state index >= 15 is 0 Å². The fourth-order valence-corrected chi connectivity index (χ4v) is 2.42. The third-order valence-corrected chi connectivity index (χ3v) is 3.40. The third-order valence-electron chi connectivity index (χ3n) is 3.40. The van der Waals surface area contributed by atoms with Gasteiger partial charge in [-0.3, -0.25) is 4.57 Å². The van der Waals surface area contributed by atoms with E-state index in [0.29, 0.717) is 6.54 Å². The lowest BCUT2D eigenvalue weighted by atomic mass is 10.1. The van der Waals surface area contributed by atoms with Crippen LogP contribution in [0.5, 0.6) is 5.75 Å². The molecule has 1 aromatic heterocycles. The molecule has 3 rings (SSSR count). The van der Waals surface area contributed by atoms with Gasteiger partial charge in [-0.05, 0) is 24.6 Å². The van der Waals surface area contributed by atoms with Crippen molar-refractivity contribution in [2.24, 2.45) is 0 Å². The summed E-state index contributed by atoms with van der Waals surface area (Å²) in [5, 5.41) is 0. The predicted molar refractivity (Wildman–Crippen MR) is 79.4 cm³/mol. The molecule has 0 saturated heterocycles. The first kappa shape index (κ1) is 12.5. The number of H-pyrrole nitrogens is 1. The van der Waals surface area contributed by atoms with Crippen LogP contribution < -0.4 is 10.4 Å². The predicted octanol–water partition coefficient (Wildman–Crippen LogP) is 2.69. The molecular weight excluding hydrogens is 252 g/mol. The minimum absolute atomic E-state index is 0.102. The van der Waals surface area contributed by atoms with Gasteiger partial charge in [0.15, 0.2) is 0 Å². The minimum Gasteiger partial charge on any atom is -0.497 e. The molecule has 0 amide bonds. The van der Waals surface area contributed by atoms with Gasteiger partial charge in [-0.15, -0.1) is 0 Å². The van der Waals surface area contributed by atoms with Gasteiger partial charge >= 0.3 is 5.69 Å². The fraction of sp³-hybridized carbons (Fsp3) is 0.188. The first-order valence-corrected chi connectivity index (χ1v) is 6.49. The molecule has 0 aliphatic heterocycles. The average Bonchev–Trinajstić information content (AvgIpc) is 2.74. The van der Waals surface area contributed by atoms with Gasteiger partial charge < -0.3 is 9.72 Å². The Morgan fingerprint density at radius 2 is 2.05 bits per heavy atom. The molecule has 102 valence electrons. The molecule has 0 radical (unpaired) electrons. The van der Waals surface area contributed by atoms with Crippen LogP contribution in [0.25, 0.3) is 11.0 Å². The number of aromatic amines is 1. The Morgan fingerprint density at radius 1 is 1.20 bits per heavy atom. The number of nitrogens with zero attached hydrogens (tertiary/aromatic N) is 1. The highest BCUT2D eigenvalue weighted by atomic mass is 16.5. The number of ether oxygens (including phenoxy) is 1. The van der Waals surface area contributed by atoms with E-state index in [9.17, 15) is 4.79 Å². The van der Waals surface area contributed by atoms with Gasteiger partial charge in [-0.1, -0.05) is 29.8 Å². The zero-order valence-electron chi connectivity index (χ0n) is 11.5. The number of imidazole rings is 1. The second-order valence-electron chi connectivity index (χ2n) is 4.89. The molecule has 0 saturated carbocycles. The van der Waals surface area contributed by atoms with Crippen molar-refractivity contribution < 1.29 is 4.74 Å². The second-order valence-corrected chi connectivity index (χ2v) is 4.89. The van der Waals surface area contributed by atoms with Gasteiger partial charge in [-0.2, -0.15) is 0 Å². The number of nitrogens with one attached hydrogen (secondary N) is 1. The topological polar surface area (TPSA) is 47.0 Å². The maximum absolute atomic E-state index is 12.1. The number of benzene rings is 2. The van der Waals surface area contributed by atoms with Crippen LogP contribution in [0.15, 0.2) is 47.3 Å². The number of fused-ring (bicyclic) bond motifs is 1. The van der Waals surface area contributed by atoms with E-state index in [1.54, 1.807) is 11.7 Å². The second kappa shape index (κ2) is 4.89. The van der Waals surface area contributed by atoms with Crippen LogP contribution in [0.4, 0.5) is 0 Å². The average molecular weight is 268 g/mol. The molecular formula is C16H16N2O2. The minimum atomic E-state index is -0.102. The lowest BCUT2D eigenvalue weighted by Crippen LogP contribution is -2.17. The molecule has 0 fully saturated rings. The highest BCUT2D eigenvalue weighted by Crippen LogP contribution is 2.19. The monoisotopic (exact) mass is 268 g/mol. The van der Waals surface area contributed by atoms with Crippen LogP contribution in [-0.4, -0.2) is 16.7 Å². The summed E-state index contributed by atoms with van der Waals surface area (Å²) in [6.07, 6.45) is 0. The largest absolute Gasteiger partial charge is 0.497 e. The lowest BCUT2D eigenvalue weighted by Gasteiger charge is -2.05. The summed E-state index contributed by atoms with van der Waals surface area (Å²) in [6, 6.07) is 13.8. The van der Waals surface area contributed by atoms with Gasteiger partial charge in [0, 0.05) is 6.07 Å². The SMILES string of the molecule is COc1ccc2c(c1)[nH]c(=O)n2Cc1cccc(C)c1. The molecule has 3 aromatic rings. The maximum Gasteiger partial charge on any atom is 0.326 e. The lowest BCUT2D eigenvalue weighted by molar-refractivity contribution is 0.415. The number of aromatic nitrogens is 2. The first-order valence-electron chi connectivity index (χ1n) is 6.49. The van der Waals surface area contributed by atoms with Crippen LogP contribution in [0.2, 0.25) is 0 Å². The van der Waals surface area contributed by atoms with Gasteiger partial charge in [0.25, 0.3) is 0 Å². The van der Waals surface area contributed by atoms with Gasteiger partial charge in [-0.25, -0.2) is 4.79 Å². The van der Waals surface area contributed by atoms with E-state index in [2.05, 4.69) is 11.1 Å². The van der Waals surface area contributed by atoms with Gasteiger partial charge in [0.1, 0.15) is 5.75 Å². The quantitative estimate of drug-likeness (QED) is 0.794.